The molecular weight excluding hydrogens is 320 g/mol. The molecule has 0 aliphatic carbocycles. The molecule has 0 aromatic rings. The van der Waals surface area contributed by atoms with Crippen molar-refractivity contribution in [3.8, 4) is 11.8 Å². The van der Waals surface area contributed by atoms with Crippen LogP contribution in [0.4, 0.5) is 0 Å². The normalized spacial score (nSPS) is 16.0. The van der Waals surface area contributed by atoms with Crippen LogP contribution in [0.5, 0.6) is 0 Å². The minimum atomic E-state index is -1.78. The number of rotatable bonds is 10. The van der Waals surface area contributed by atoms with Crippen LogP contribution in [0, 0.1) is 11.8 Å². The van der Waals surface area contributed by atoms with Gasteiger partial charge >= 0.3 is 0 Å². The second kappa shape index (κ2) is 11.1. The first-order valence-electron chi connectivity index (χ1n) is 8.61. The minimum Gasteiger partial charge on any atom is -0.413 e. The van der Waals surface area contributed by atoms with Gasteiger partial charge in [0, 0.05) is 13.5 Å². The van der Waals surface area contributed by atoms with Crippen molar-refractivity contribution in [2.24, 2.45) is 0 Å². The van der Waals surface area contributed by atoms with Gasteiger partial charge in [0.2, 0.25) is 0 Å². The number of allylic oxidation sites excluding steroid dienone is 1. The van der Waals surface area contributed by atoms with Crippen LogP contribution in [0.25, 0.3) is 0 Å². The van der Waals surface area contributed by atoms with E-state index in [-0.39, 0.29) is 24.0 Å². The fraction of sp³-hybridized carbons (Fsp3) is 0.789. The van der Waals surface area contributed by atoms with Crippen molar-refractivity contribution in [2.75, 3.05) is 13.9 Å². The summed E-state index contributed by atoms with van der Waals surface area (Å²) in [5.74, 6) is 5.92. The number of ether oxygens (including phenoxy) is 2. The summed E-state index contributed by atoms with van der Waals surface area (Å²) in [6.07, 6.45) is 2.68. The minimum absolute atomic E-state index is 0.0529. The Labute approximate surface area is 149 Å². The van der Waals surface area contributed by atoms with Gasteiger partial charge in [0.15, 0.2) is 8.32 Å². The third-order valence-corrected chi connectivity index (χ3v) is 8.95. The maximum Gasteiger partial charge on any atom is 0.192 e. The van der Waals surface area contributed by atoms with Gasteiger partial charge in [-0.15, -0.1) is 6.58 Å². The van der Waals surface area contributed by atoms with Gasteiger partial charge < -0.3 is 19.0 Å². The Morgan fingerprint density at radius 3 is 2.42 bits per heavy atom. The second-order valence-corrected chi connectivity index (χ2v) is 12.4. The lowest BCUT2D eigenvalue weighted by Crippen LogP contribution is -2.43. The lowest BCUT2D eigenvalue weighted by molar-refractivity contribution is -0.102. The molecular formula is C19H36O4Si. The van der Waals surface area contributed by atoms with Crippen LogP contribution in [-0.4, -0.2) is 45.6 Å². The third kappa shape index (κ3) is 9.00. The molecule has 0 amide bonds. The van der Waals surface area contributed by atoms with E-state index in [2.05, 4.69) is 52.3 Å². The maximum absolute atomic E-state index is 10.2. The average molecular weight is 357 g/mol. The van der Waals surface area contributed by atoms with Crippen molar-refractivity contribution < 1.29 is 19.0 Å². The third-order valence-electron chi connectivity index (χ3n) is 4.35. The van der Waals surface area contributed by atoms with Crippen molar-refractivity contribution >= 4 is 8.32 Å². The smallest absolute Gasteiger partial charge is 0.192 e. The molecule has 0 aliphatic rings. The predicted octanol–water partition coefficient (Wildman–Crippen LogP) is 4.11. The van der Waals surface area contributed by atoms with E-state index in [9.17, 15) is 5.11 Å². The lowest BCUT2D eigenvalue weighted by atomic mass is 10.1. The molecule has 0 bridgehead atoms. The summed E-state index contributed by atoms with van der Waals surface area (Å²) in [6, 6.07) is 0. The van der Waals surface area contributed by atoms with Gasteiger partial charge in [0.1, 0.15) is 12.9 Å². The van der Waals surface area contributed by atoms with Crippen LogP contribution in [0.15, 0.2) is 12.7 Å². The predicted molar refractivity (Wildman–Crippen MR) is 102 cm³/mol. The van der Waals surface area contributed by atoms with Crippen LogP contribution in [-0.2, 0) is 13.9 Å². The van der Waals surface area contributed by atoms with Crippen molar-refractivity contribution in [3.63, 3.8) is 0 Å². The fourth-order valence-corrected chi connectivity index (χ4v) is 3.33. The van der Waals surface area contributed by atoms with Crippen LogP contribution in [0.1, 0.15) is 47.0 Å². The molecule has 4 nitrogen and oxygen atoms in total. The topological polar surface area (TPSA) is 47.9 Å². The van der Waals surface area contributed by atoms with Crippen molar-refractivity contribution in [1.82, 2.24) is 0 Å². The summed E-state index contributed by atoms with van der Waals surface area (Å²) < 4.78 is 16.7. The summed E-state index contributed by atoms with van der Waals surface area (Å²) in [6.45, 7) is 17.0. The van der Waals surface area contributed by atoms with Gasteiger partial charge in [-0.2, -0.15) is 0 Å². The molecule has 0 saturated heterocycles. The highest BCUT2D eigenvalue weighted by Gasteiger charge is 2.38. The van der Waals surface area contributed by atoms with E-state index in [4.69, 9.17) is 13.9 Å². The van der Waals surface area contributed by atoms with Crippen molar-refractivity contribution in [1.29, 1.82) is 0 Å². The molecule has 0 heterocycles. The van der Waals surface area contributed by atoms with E-state index in [1.54, 1.807) is 13.2 Å². The first-order valence-corrected chi connectivity index (χ1v) is 11.5. The quantitative estimate of drug-likeness (QED) is 0.277. The summed E-state index contributed by atoms with van der Waals surface area (Å²) in [7, 11) is -0.227. The highest BCUT2D eigenvalue weighted by Crippen LogP contribution is 2.37. The summed E-state index contributed by atoms with van der Waals surface area (Å²) in [5.41, 5.74) is 0. The van der Waals surface area contributed by atoms with E-state index in [1.807, 2.05) is 6.92 Å². The van der Waals surface area contributed by atoms with Gasteiger partial charge in [0.05, 0.1) is 12.2 Å². The molecule has 0 fully saturated rings. The number of hydrogen-bond acceptors (Lipinski definition) is 4. The lowest BCUT2D eigenvalue weighted by Gasteiger charge is -2.38. The molecule has 5 heteroatoms. The van der Waals surface area contributed by atoms with Gasteiger partial charge in [-0.3, -0.25) is 0 Å². The zero-order valence-electron chi connectivity index (χ0n) is 16.5. The van der Waals surface area contributed by atoms with Crippen molar-refractivity contribution in [3.05, 3.63) is 12.7 Å². The molecule has 24 heavy (non-hydrogen) atoms. The number of methoxy groups -OCH3 is 1. The summed E-state index contributed by atoms with van der Waals surface area (Å²) >= 11 is 0. The van der Waals surface area contributed by atoms with Crippen LogP contribution in [0.3, 0.4) is 0 Å². The number of aliphatic hydroxyl groups excluding tert-OH is 1. The Hall–Kier alpha value is -0.643. The largest absolute Gasteiger partial charge is 0.413 e. The Balaban J connectivity index is 4.58. The Bertz CT molecular complexity index is 417. The van der Waals surface area contributed by atoms with Gasteiger partial charge in [-0.1, -0.05) is 38.7 Å². The van der Waals surface area contributed by atoms with E-state index in [0.717, 1.165) is 6.42 Å². The second-order valence-electron chi connectivity index (χ2n) is 7.64. The zero-order chi connectivity index (χ0) is 18.8. The molecule has 0 aliphatic heterocycles. The SMILES string of the molecule is C=CCC[C@H](OCOC)C(O)C#CC[C@H](C)O[Si](C)(C)C(C)(C)C. The average Bonchev–Trinajstić information content (AvgIpc) is 2.45. The first-order chi connectivity index (χ1) is 11.0. The van der Waals surface area contributed by atoms with E-state index < -0.39 is 14.4 Å². The van der Waals surface area contributed by atoms with Crippen LogP contribution in [0.2, 0.25) is 18.1 Å². The molecule has 0 aromatic carbocycles. The Kier molecular flexibility index (Phi) is 10.8. The standard InChI is InChI=1S/C19H36O4Si/c1-9-10-14-18(22-15-21-6)17(20)13-11-12-16(2)23-24(7,8)19(3,4)5/h9,16-18,20H,1,10,12,14-15H2,2-8H3/t16-,17?,18-/m0/s1. The molecule has 1 unspecified atom stereocenters. The molecule has 1 N–H and O–H groups in total. The number of hydrogen-bond donors (Lipinski definition) is 1. The number of aliphatic hydroxyl groups is 1. The molecule has 140 valence electrons. The van der Waals surface area contributed by atoms with Gasteiger partial charge in [-0.05, 0) is 37.9 Å². The highest BCUT2D eigenvalue weighted by atomic mass is 28.4. The summed E-state index contributed by atoms with van der Waals surface area (Å²) in [5, 5.41) is 10.4. The van der Waals surface area contributed by atoms with Crippen molar-refractivity contribution in [2.45, 2.75) is 83.4 Å². The summed E-state index contributed by atoms with van der Waals surface area (Å²) in [4.78, 5) is 0. The van der Waals surface area contributed by atoms with E-state index in [1.165, 1.54) is 0 Å². The molecule has 0 rings (SSSR count). The molecule has 0 aromatic heterocycles. The Morgan fingerprint density at radius 1 is 1.29 bits per heavy atom. The molecule has 0 radical (unpaired) electrons. The first kappa shape index (κ1) is 23.4. The van der Waals surface area contributed by atoms with Gasteiger partial charge in [0.25, 0.3) is 0 Å². The van der Waals surface area contributed by atoms with E-state index >= 15 is 0 Å². The Morgan fingerprint density at radius 2 is 1.92 bits per heavy atom. The monoisotopic (exact) mass is 356 g/mol. The molecule has 0 spiro atoms. The maximum atomic E-state index is 10.2. The molecule has 3 atom stereocenters. The van der Waals surface area contributed by atoms with E-state index in [0.29, 0.717) is 12.8 Å². The molecule has 0 saturated carbocycles. The fourth-order valence-electron chi connectivity index (χ4n) is 1.89. The zero-order valence-corrected chi connectivity index (χ0v) is 17.5. The highest BCUT2D eigenvalue weighted by molar-refractivity contribution is 6.74. The van der Waals surface area contributed by atoms with Gasteiger partial charge in [-0.25, -0.2) is 0 Å². The van der Waals surface area contributed by atoms with Crippen LogP contribution < -0.4 is 0 Å². The van der Waals surface area contributed by atoms with Crippen LogP contribution >= 0.6 is 0 Å².